The number of aliphatic imine (C=N–C) groups is 1. The molecule has 1 aliphatic rings. The van der Waals surface area contributed by atoms with E-state index in [1.54, 1.807) is 13.4 Å². The normalized spacial score (nSPS) is 19.1. The molecule has 3 rings (SSSR count). The molecular weight excluding hydrogens is 491 g/mol. The predicted octanol–water partition coefficient (Wildman–Crippen LogP) is 3.78. The third-order valence-corrected chi connectivity index (χ3v) is 5.64. The molecule has 2 aromatic rings. The number of hydrogen-bond donors (Lipinski definition) is 2. The Hall–Kier alpha value is -1.84. The van der Waals surface area contributed by atoms with Gasteiger partial charge in [0.2, 0.25) is 0 Å². The van der Waals surface area contributed by atoms with Crippen molar-refractivity contribution >= 4 is 29.9 Å². The summed E-state index contributed by atoms with van der Waals surface area (Å²) >= 11 is 0. The van der Waals surface area contributed by atoms with E-state index in [1.165, 1.54) is 25.7 Å². The number of hydrogen-bond acceptors (Lipinski definition) is 4. The van der Waals surface area contributed by atoms with Crippen molar-refractivity contribution in [1.29, 1.82) is 0 Å². The van der Waals surface area contributed by atoms with Crippen LogP contribution in [0.3, 0.4) is 0 Å². The van der Waals surface area contributed by atoms with Gasteiger partial charge in [0.05, 0.1) is 13.7 Å². The van der Waals surface area contributed by atoms with Gasteiger partial charge in [-0.05, 0) is 36.5 Å². The quantitative estimate of drug-likeness (QED) is 0.311. The van der Waals surface area contributed by atoms with Crippen LogP contribution >= 0.6 is 24.0 Å². The average molecular weight is 526 g/mol. The molecule has 1 aliphatic carbocycles. The predicted molar refractivity (Wildman–Crippen MR) is 132 cm³/mol. The zero-order valence-electron chi connectivity index (χ0n) is 18.3. The molecule has 0 amide bonds. The second-order valence-corrected chi connectivity index (χ2v) is 7.75. The van der Waals surface area contributed by atoms with E-state index in [0.29, 0.717) is 18.5 Å². The molecule has 0 aliphatic heterocycles. The van der Waals surface area contributed by atoms with Gasteiger partial charge < -0.3 is 19.9 Å². The Morgan fingerprint density at radius 1 is 1.30 bits per heavy atom. The van der Waals surface area contributed by atoms with E-state index in [0.717, 1.165) is 42.6 Å². The van der Waals surface area contributed by atoms with Crippen molar-refractivity contribution in [2.75, 3.05) is 13.7 Å². The van der Waals surface area contributed by atoms with Crippen LogP contribution in [-0.2, 0) is 19.5 Å². The topological polar surface area (TPSA) is 76.4 Å². The van der Waals surface area contributed by atoms with Gasteiger partial charge in [-0.3, -0.25) is 0 Å². The third-order valence-electron chi connectivity index (χ3n) is 5.64. The minimum Gasteiger partial charge on any atom is -0.497 e. The number of nitrogens with one attached hydrogen (secondary N) is 2. The number of guanidine groups is 1. The number of ether oxygens (including phenoxy) is 1. The Kier molecular flexibility index (Phi) is 10.4. The van der Waals surface area contributed by atoms with Crippen molar-refractivity contribution in [3.63, 3.8) is 0 Å². The lowest BCUT2D eigenvalue weighted by Crippen LogP contribution is -2.47. The number of rotatable bonds is 8. The molecular formula is C22H35IN6O. The van der Waals surface area contributed by atoms with E-state index < -0.39 is 0 Å². The van der Waals surface area contributed by atoms with E-state index in [2.05, 4.69) is 45.3 Å². The second kappa shape index (κ2) is 12.8. The Morgan fingerprint density at radius 3 is 2.90 bits per heavy atom. The smallest absolute Gasteiger partial charge is 0.191 e. The number of aromatic nitrogens is 3. The SMILES string of the molecule is CCc1nncn1CCNC(=NCc1cccc(OC)c1)NC1CCCCC1C.I. The molecule has 1 heterocycles. The minimum absolute atomic E-state index is 0. The maximum atomic E-state index is 5.33. The molecule has 0 bridgehead atoms. The van der Waals surface area contributed by atoms with E-state index in [9.17, 15) is 0 Å². The molecule has 166 valence electrons. The lowest BCUT2D eigenvalue weighted by Gasteiger charge is -2.31. The van der Waals surface area contributed by atoms with Gasteiger partial charge in [0.25, 0.3) is 0 Å². The number of aryl methyl sites for hydroxylation is 1. The van der Waals surface area contributed by atoms with Crippen molar-refractivity contribution in [3.8, 4) is 5.75 Å². The molecule has 30 heavy (non-hydrogen) atoms. The van der Waals surface area contributed by atoms with Crippen molar-refractivity contribution in [2.24, 2.45) is 10.9 Å². The van der Waals surface area contributed by atoms with E-state index in [-0.39, 0.29) is 24.0 Å². The Balaban J connectivity index is 0.00000320. The zero-order valence-corrected chi connectivity index (χ0v) is 20.6. The van der Waals surface area contributed by atoms with Gasteiger partial charge in [-0.1, -0.05) is 38.8 Å². The van der Waals surface area contributed by atoms with Crippen LogP contribution in [0, 0.1) is 5.92 Å². The molecule has 2 atom stereocenters. The van der Waals surface area contributed by atoms with Crippen molar-refractivity contribution < 1.29 is 4.74 Å². The van der Waals surface area contributed by atoms with Gasteiger partial charge in [-0.2, -0.15) is 0 Å². The van der Waals surface area contributed by atoms with Crippen LogP contribution in [0.25, 0.3) is 0 Å². The summed E-state index contributed by atoms with van der Waals surface area (Å²) in [4.78, 5) is 4.86. The van der Waals surface area contributed by atoms with Crippen LogP contribution in [0.4, 0.5) is 0 Å². The molecule has 2 N–H and O–H groups in total. The van der Waals surface area contributed by atoms with Gasteiger partial charge in [0, 0.05) is 25.6 Å². The van der Waals surface area contributed by atoms with Crippen molar-refractivity contribution in [2.45, 2.75) is 65.1 Å². The lowest BCUT2D eigenvalue weighted by molar-refractivity contribution is 0.306. The summed E-state index contributed by atoms with van der Waals surface area (Å²) in [6, 6.07) is 8.55. The second-order valence-electron chi connectivity index (χ2n) is 7.75. The van der Waals surface area contributed by atoms with Crippen LogP contribution in [0.2, 0.25) is 0 Å². The van der Waals surface area contributed by atoms with Gasteiger partial charge in [0.15, 0.2) is 5.96 Å². The van der Waals surface area contributed by atoms with Gasteiger partial charge >= 0.3 is 0 Å². The van der Waals surface area contributed by atoms with Crippen molar-refractivity contribution in [3.05, 3.63) is 42.0 Å². The van der Waals surface area contributed by atoms with Crippen LogP contribution in [0.1, 0.15) is 50.9 Å². The molecule has 7 nitrogen and oxygen atoms in total. The molecule has 1 aromatic heterocycles. The highest BCUT2D eigenvalue weighted by Crippen LogP contribution is 2.23. The summed E-state index contributed by atoms with van der Waals surface area (Å²) in [5.74, 6) is 3.41. The highest BCUT2D eigenvalue weighted by atomic mass is 127. The summed E-state index contributed by atoms with van der Waals surface area (Å²) < 4.78 is 7.42. The Bertz CT molecular complexity index is 793. The van der Waals surface area contributed by atoms with E-state index in [1.807, 2.05) is 18.2 Å². The first kappa shape index (κ1) is 24.4. The van der Waals surface area contributed by atoms with Crippen LogP contribution in [0.5, 0.6) is 5.75 Å². The first-order chi connectivity index (χ1) is 14.2. The maximum Gasteiger partial charge on any atom is 0.191 e. The standard InChI is InChI=1S/C22H34N6O.HI/c1-4-21-27-25-16-28(21)13-12-23-22(26-20-11-6-5-8-17(20)2)24-15-18-9-7-10-19(14-18)29-3;/h7,9-10,14,16-17,20H,4-6,8,11-13,15H2,1-3H3,(H2,23,24,26);1H. The zero-order chi connectivity index (χ0) is 20.5. The summed E-state index contributed by atoms with van der Waals surface area (Å²) in [6.45, 7) is 6.63. The molecule has 1 saturated carbocycles. The monoisotopic (exact) mass is 526 g/mol. The minimum atomic E-state index is 0. The maximum absolute atomic E-state index is 5.33. The average Bonchev–Trinajstić information content (AvgIpc) is 3.21. The fraction of sp³-hybridized carbons (Fsp3) is 0.591. The van der Waals surface area contributed by atoms with E-state index >= 15 is 0 Å². The fourth-order valence-electron chi connectivity index (χ4n) is 3.83. The highest BCUT2D eigenvalue weighted by molar-refractivity contribution is 14.0. The summed E-state index contributed by atoms with van der Waals surface area (Å²) in [5.41, 5.74) is 1.13. The van der Waals surface area contributed by atoms with Crippen LogP contribution in [0.15, 0.2) is 35.6 Å². The van der Waals surface area contributed by atoms with Crippen molar-refractivity contribution in [1.82, 2.24) is 25.4 Å². The fourth-order valence-corrected chi connectivity index (χ4v) is 3.83. The van der Waals surface area contributed by atoms with Crippen LogP contribution in [-0.4, -0.2) is 40.4 Å². The highest BCUT2D eigenvalue weighted by Gasteiger charge is 2.22. The molecule has 0 radical (unpaired) electrons. The van der Waals surface area contributed by atoms with E-state index in [4.69, 9.17) is 9.73 Å². The first-order valence-electron chi connectivity index (χ1n) is 10.7. The number of methoxy groups -OCH3 is 1. The molecule has 2 unspecified atom stereocenters. The number of halogens is 1. The Labute approximate surface area is 197 Å². The lowest BCUT2D eigenvalue weighted by atomic mass is 9.86. The Morgan fingerprint density at radius 2 is 2.13 bits per heavy atom. The van der Waals surface area contributed by atoms with Gasteiger partial charge in [-0.25, -0.2) is 4.99 Å². The summed E-state index contributed by atoms with van der Waals surface area (Å²) in [7, 11) is 1.69. The largest absolute Gasteiger partial charge is 0.497 e. The number of benzene rings is 1. The van der Waals surface area contributed by atoms with Crippen LogP contribution < -0.4 is 15.4 Å². The molecule has 0 spiro atoms. The molecule has 8 heteroatoms. The molecule has 0 saturated heterocycles. The number of nitrogens with zero attached hydrogens (tertiary/aromatic N) is 4. The van der Waals surface area contributed by atoms with Gasteiger partial charge in [0.1, 0.15) is 17.9 Å². The summed E-state index contributed by atoms with van der Waals surface area (Å²) in [6.07, 6.45) is 7.77. The molecule has 1 aromatic carbocycles. The first-order valence-corrected chi connectivity index (χ1v) is 10.7. The summed E-state index contributed by atoms with van der Waals surface area (Å²) in [5, 5.41) is 15.4. The van der Waals surface area contributed by atoms with Gasteiger partial charge in [-0.15, -0.1) is 34.2 Å². The molecule has 1 fully saturated rings. The third kappa shape index (κ3) is 7.14.